The van der Waals surface area contributed by atoms with Crippen LogP contribution >= 0.6 is 0 Å². The lowest BCUT2D eigenvalue weighted by Crippen LogP contribution is -2.07. The molecule has 2 rings (SSSR count). The highest BCUT2D eigenvalue weighted by Crippen LogP contribution is 2.31. The van der Waals surface area contributed by atoms with Gasteiger partial charge in [-0.1, -0.05) is 6.07 Å². The topological polar surface area (TPSA) is 54.0 Å². The van der Waals surface area contributed by atoms with Crippen molar-refractivity contribution in [3.8, 4) is 23.0 Å². The van der Waals surface area contributed by atoms with E-state index in [1.807, 2.05) is 6.07 Å². The highest BCUT2D eigenvalue weighted by molar-refractivity contribution is 5.98. The summed E-state index contributed by atoms with van der Waals surface area (Å²) in [6.45, 7) is 0. The van der Waals surface area contributed by atoms with Gasteiger partial charge in [0.15, 0.2) is 17.3 Å². The second kappa shape index (κ2) is 7.54. The first-order chi connectivity index (χ1) is 11.1. The lowest BCUT2D eigenvalue weighted by molar-refractivity contribution is 0.0990. The van der Waals surface area contributed by atoms with E-state index >= 15 is 0 Å². The molecule has 0 saturated heterocycles. The van der Waals surface area contributed by atoms with Gasteiger partial charge in [-0.2, -0.15) is 0 Å². The molecule has 0 atom stereocenters. The maximum absolute atomic E-state index is 12.6. The third-order valence-corrected chi connectivity index (χ3v) is 3.57. The van der Waals surface area contributed by atoms with Crippen molar-refractivity contribution in [1.82, 2.24) is 0 Å². The molecule has 0 bridgehead atoms. The fourth-order valence-corrected chi connectivity index (χ4v) is 2.37. The summed E-state index contributed by atoms with van der Waals surface area (Å²) in [6.07, 6.45) is 0.169. The second-order valence-electron chi connectivity index (χ2n) is 4.81. The van der Waals surface area contributed by atoms with Crippen LogP contribution in [0.4, 0.5) is 0 Å². The third-order valence-electron chi connectivity index (χ3n) is 3.57. The van der Waals surface area contributed by atoms with Crippen LogP contribution in [0.5, 0.6) is 23.0 Å². The summed E-state index contributed by atoms with van der Waals surface area (Å²) in [5.74, 6) is 2.29. The molecule has 2 aromatic carbocycles. The van der Waals surface area contributed by atoms with Gasteiger partial charge in [-0.25, -0.2) is 0 Å². The number of hydrogen-bond acceptors (Lipinski definition) is 5. The molecule has 0 spiro atoms. The average molecular weight is 316 g/mol. The number of carbonyl (C=O) groups excluding carboxylic acids is 1. The Bertz CT molecular complexity index is 672. The molecule has 0 saturated carbocycles. The normalized spacial score (nSPS) is 10.1. The molecule has 23 heavy (non-hydrogen) atoms. The van der Waals surface area contributed by atoms with Crippen LogP contribution in [0.15, 0.2) is 36.4 Å². The lowest BCUT2D eigenvalue weighted by atomic mass is 10.0. The van der Waals surface area contributed by atoms with Crippen molar-refractivity contribution in [2.45, 2.75) is 6.42 Å². The van der Waals surface area contributed by atoms with Gasteiger partial charge in [0.1, 0.15) is 11.5 Å². The van der Waals surface area contributed by atoms with Crippen molar-refractivity contribution in [3.05, 3.63) is 47.5 Å². The van der Waals surface area contributed by atoms with Crippen LogP contribution < -0.4 is 18.9 Å². The van der Waals surface area contributed by atoms with E-state index in [2.05, 4.69) is 0 Å². The second-order valence-corrected chi connectivity index (χ2v) is 4.81. The maximum atomic E-state index is 12.6. The van der Waals surface area contributed by atoms with Gasteiger partial charge >= 0.3 is 0 Å². The number of benzene rings is 2. The van der Waals surface area contributed by atoms with Gasteiger partial charge in [0.25, 0.3) is 0 Å². The van der Waals surface area contributed by atoms with Crippen LogP contribution in [0.2, 0.25) is 0 Å². The van der Waals surface area contributed by atoms with E-state index in [1.54, 1.807) is 51.7 Å². The Morgan fingerprint density at radius 1 is 0.783 bits per heavy atom. The van der Waals surface area contributed by atoms with Crippen molar-refractivity contribution in [2.75, 3.05) is 28.4 Å². The van der Waals surface area contributed by atoms with Crippen LogP contribution in [0, 0.1) is 0 Å². The Morgan fingerprint density at radius 3 is 1.87 bits per heavy atom. The van der Waals surface area contributed by atoms with Crippen LogP contribution in [0.25, 0.3) is 0 Å². The quantitative estimate of drug-likeness (QED) is 0.735. The Morgan fingerprint density at radius 2 is 1.35 bits per heavy atom. The monoisotopic (exact) mass is 316 g/mol. The molecule has 5 heteroatoms. The highest BCUT2D eigenvalue weighted by atomic mass is 16.5. The first kappa shape index (κ1) is 16.7. The van der Waals surface area contributed by atoms with Crippen LogP contribution in [-0.4, -0.2) is 34.2 Å². The molecule has 5 nitrogen and oxygen atoms in total. The van der Waals surface area contributed by atoms with Gasteiger partial charge < -0.3 is 18.9 Å². The summed E-state index contributed by atoms with van der Waals surface area (Å²) >= 11 is 0. The molecule has 122 valence electrons. The fourth-order valence-electron chi connectivity index (χ4n) is 2.37. The van der Waals surface area contributed by atoms with E-state index in [0.29, 0.717) is 28.6 Å². The fraction of sp³-hybridized carbons (Fsp3) is 0.278. The Labute approximate surface area is 135 Å². The van der Waals surface area contributed by atoms with E-state index in [0.717, 1.165) is 5.56 Å². The summed E-state index contributed by atoms with van der Waals surface area (Å²) < 4.78 is 21.1. The minimum atomic E-state index is -0.0613. The molecule has 0 amide bonds. The molecule has 0 unspecified atom stereocenters. The summed E-state index contributed by atoms with van der Waals surface area (Å²) in [6, 6.07) is 10.5. The molecule has 0 aliphatic carbocycles. The molecule has 0 N–H and O–H groups in total. The molecule has 0 aliphatic heterocycles. The van der Waals surface area contributed by atoms with Crippen molar-refractivity contribution in [2.24, 2.45) is 0 Å². The maximum Gasteiger partial charge on any atom is 0.167 e. The Kier molecular flexibility index (Phi) is 5.46. The molecule has 0 radical (unpaired) electrons. The summed E-state index contributed by atoms with van der Waals surface area (Å²) in [4.78, 5) is 12.6. The van der Waals surface area contributed by atoms with E-state index < -0.39 is 0 Å². The number of carbonyl (C=O) groups is 1. The molecular weight excluding hydrogens is 296 g/mol. The first-order valence-electron chi connectivity index (χ1n) is 7.09. The van der Waals surface area contributed by atoms with Crippen LogP contribution in [-0.2, 0) is 6.42 Å². The number of Topliss-reactive ketones (excluding diaryl/α,β-unsaturated/α-hetero) is 1. The molecule has 0 aromatic heterocycles. The zero-order valence-corrected chi connectivity index (χ0v) is 13.7. The number of ether oxygens (including phenoxy) is 4. The standard InChI is InChI=1S/C18H20O5/c1-20-15-6-5-7-16(21-2)13(15)11-14(19)12-8-9-17(22-3)18(10-12)23-4/h5-10H,11H2,1-4H3. The van der Waals surface area contributed by atoms with Crippen molar-refractivity contribution < 1.29 is 23.7 Å². The number of ketones is 1. The van der Waals surface area contributed by atoms with Crippen molar-refractivity contribution in [3.63, 3.8) is 0 Å². The van der Waals surface area contributed by atoms with E-state index in [9.17, 15) is 4.79 Å². The SMILES string of the molecule is COc1ccc(C(=O)Cc2c(OC)cccc2OC)cc1OC. The molecular formula is C18H20O5. The Hall–Kier alpha value is -2.69. The van der Waals surface area contributed by atoms with Gasteiger partial charge in [0.2, 0.25) is 0 Å². The number of methoxy groups -OCH3 is 4. The Balaban J connectivity index is 2.33. The van der Waals surface area contributed by atoms with Gasteiger partial charge in [0.05, 0.1) is 28.4 Å². The van der Waals surface area contributed by atoms with Crippen molar-refractivity contribution in [1.29, 1.82) is 0 Å². The van der Waals surface area contributed by atoms with E-state index in [4.69, 9.17) is 18.9 Å². The van der Waals surface area contributed by atoms with Gasteiger partial charge in [0, 0.05) is 17.5 Å². The van der Waals surface area contributed by atoms with E-state index in [-0.39, 0.29) is 12.2 Å². The molecule has 2 aromatic rings. The summed E-state index contributed by atoms with van der Waals surface area (Å²) in [7, 11) is 6.23. The zero-order valence-electron chi connectivity index (χ0n) is 13.7. The average Bonchev–Trinajstić information content (AvgIpc) is 2.60. The predicted octanol–water partition coefficient (Wildman–Crippen LogP) is 3.15. The van der Waals surface area contributed by atoms with E-state index in [1.165, 1.54) is 7.11 Å². The largest absolute Gasteiger partial charge is 0.496 e. The third kappa shape index (κ3) is 3.56. The minimum Gasteiger partial charge on any atom is -0.496 e. The van der Waals surface area contributed by atoms with Crippen LogP contribution in [0.3, 0.4) is 0 Å². The smallest absolute Gasteiger partial charge is 0.167 e. The lowest BCUT2D eigenvalue weighted by Gasteiger charge is -2.13. The number of hydrogen-bond donors (Lipinski definition) is 0. The summed E-state index contributed by atoms with van der Waals surface area (Å²) in [5.41, 5.74) is 1.26. The number of rotatable bonds is 7. The highest BCUT2D eigenvalue weighted by Gasteiger charge is 2.17. The zero-order chi connectivity index (χ0) is 16.8. The molecule has 0 aliphatic rings. The molecule has 0 fully saturated rings. The van der Waals surface area contributed by atoms with Crippen LogP contribution in [0.1, 0.15) is 15.9 Å². The summed E-state index contributed by atoms with van der Waals surface area (Å²) in [5, 5.41) is 0. The first-order valence-corrected chi connectivity index (χ1v) is 7.09. The van der Waals surface area contributed by atoms with Crippen molar-refractivity contribution >= 4 is 5.78 Å². The van der Waals surface area contributed by atoms with Gasteiger partial charge in [-0.15, -0.1) is 0 Å². The van der Waals surface area contributed by atoms with Gasteiger partial charge in [-0.3, -0.25) is 4.79 Å². The van der Waals surface area contributed by atoms with Gasteiger partial charge in [-0.05, 0) is 30.3 Å². The predicted molar refractivity (Wildman–Crippen MR) is 87.1 cm³/mol. The minimum absolute atomic E-state index is 0.0613. The molecule has 0 heterocycles.